The molecule has 0 saturated carbocycles. The molecule has 17 heavy (non-hydrogen) atoms. The second kappa shape index (κ2) is 4.15. The molecule has 1 fully saturated rings. The van der Waals surface area contributed by atoms with E-state index in [0.29, 0.717) is 5.92 Å². The van der Waals surface area contributed by atoms with Gasteiger partial charge in [-0.25, -0.2) is 0 Å². The monoisotopic (exact) mass is 225 g/mol. The lowest BCUT2D eigenvalue weighted by Crippen LogP contribution is -2.13. The largest absolute Gasteiger partial charge is 0.306 e. The first kappa shape index (κ1) is 10.8. The van der Waals surface area contributed by atoms with Gasteiger partial charge in [-0.05, 0) is 54.8 Å². The van der Waals surface area contributed by atoms with Crippen LogP contribution in [0, 0.1) is 6.92 Å². The Labute approximate surface area is 103 Å². The molecule has 0 bridgehead atoms. The van der Waals surface area contributed by atoms with Crippen molar-refractivity contribution >= 4 is 10.8 Å². The van der Waals surface area contributed by atoms with Crippen LogP contribution in [0.1, 0.15) is 23.5 Å². The van der Waals surface area contributed by atoms with E-state index < -0.39 is 0 Å². The summed E-state index contributed by atoms with van der Waals surface area (Å²) in [6.07, 6.45) is 1.30. The molecule has 0 amide bonds. The zero-order valence-electron chi connectivity index (χ0n) is 10.6. The fourth-order valence-corrected chi connectivity index (χ4v) is 3.02. The Kier molecular flexibility index (Phi) is 2.64. The van der Waals surface area contributed by atoms with E-state index in [1.807, 2.05) is 0 Å². The van der Waals surface area contributed by atoms with Crippen LogP contribution in [0.4, 0.5) is 0 Å². The number of fused-ring (bicyclic) bond motifs is 1. The molecular formula is C16H19N. The minimum Gasteiger partial charge on any atom is -0.306 e. The summed E-state index contributed by atoms with van der Waals surface area (Å²) < 4.78 is 0. The normalized spacial score (nSPS) is 21.2. The quantitative estimate of drug-likeness (QED) is 0.717. The highest BCUT2D eigenvalue weighted by atomic mass is 15.1. The molecular weight excluding hydrogens is 206 g/mol. The number of hydrogen-bond donors (Lipinski definition) is 0. The van der Waals surface area contributed by atoms with Crippen molar-refractivity contribution in [3.63, 3.8) is 0 Å². The highest BCUT2D eigenvalue weighted by molar-refractivity contribution is 5.89. The minimum atomic E-state index is 0.713. The molecule has 0 aliphatic carbocycles. The number of rotatable bonds is 1. The average molecular weight is 225 g/mol. The summed E-state index contributed by atoms with van der Waals surface area (Å²) in [5.74, 6) is 0.713. The molecule has 0 radical (unpaired) electrons. The number of hydrogen-bond acceptors (Lipinski definition) is 1. The summed E-state index contributed by atoms with van der Waals surface area (Å²) in [4.78, 5) is 2.43. The summed E-state index contributed by atoms with van der Waals surface area (Å²) in [7, 11) is 2.22. The van der Waals surface area contributed by atoms with Gasteiger partial charge < -0.3 is 4.90 Å². The second-order valence-corrected chi connectivity index (χ2v) is 5.27. The fraction of sp³-hybridized carbons (Fsp3) is 0.375. The topological polar surface area (TPSA) is 3.24 Å². The van der Waals surface area contributed by atoms with Gasteiger partial charge in [0, 0.05) is 6.54 Å². The molecule has 88 valence electrons. The van der Waals surface area contributed by atoms with E-state index in [1.165, 1.54) is 41.4 Å². The molecule has 0 aromatic heterocycles. The molecule has 1 unspecified atom stereocenters. The number of aryl methyl sites for hydroxylation is 1. The second-order valence-electron chi connectivity index (χ2n) is 5.27. The first-order valence-electron chi connectivity index (χ1n) is 6.42. The van der Waals surface area contributed by atoms with Crippen molar-refractivity contribution < 1.29 is 0 Å². The van der Waals surface area contributed by atoms with Crippen LogP contribution in [-0.4, -0.2) is 25.0 Å². The van der Waals surface area contributed by atoms with Crippen LogP contribution in [0.15, 0.2) is 36.4 Å². The Morgan fingerprint density at radius 1 is 1.06 bits per heavy atom. The molecule has 1 saturated heterocycles. The average Bonchev–Trinajstić information content (AvgIpc) is 2.77. The van der Waals surface area contributed by atoms with Gasteiger partial charge in [0.15, 0.2) is 0 Å². The maximum Gasteiger partial charge on any atom is 0.00479 e. The predicted octanol–water partition coefficient (Wildman–Crippen LogP) is 3.57. The van der Waals surface area contributed by atoms with Gasteiger partial charge in [-0.3, -0.25) is 0 Å². The predicted molar refractivity (Wildman–Crippen MR) is 73.5 cm³/mol. The Balaban J connectivity index is 2.14. The standard InChI is InChI=1S/C16H19N/c1-12-7-8-15(13-9-10-17(2)11-13)16-6-4-3-5-14(12)16/h3-8,13H,9-11H2,1-2H3. The minimum absolute atomic E-state index is 0.713. The van der Waals surface area contributed by atoms with E-state index >= 15 is 0 Å². The third-order valence-electron chi connectivity index (χ3n) is 4.01. The third kappa shape index (κ3) is 1.85. The van der Waals surface area contributed by atoms with Crippen molar-refractivity contribution in [3.8, 4) is 0 Å². The number of benzene rings is 2. The lowest BCUT2D eigenvalue weighted by atomic mass is 9.91. The van der Waals surface area contributed by atoms with Crippen LogP contribution in [0.5, 0.6) is 0 Å². The van der Waals surface area contributed by atoms with Crippen molar-refractivity contribution in [2.75, 3.05) is 20.1 Å². The van der Waals surface area contributed by atoms with Crippen LogP contribution in [0.2, 0.25) is 0 Å². The summed E-state index contributed by atoms with van der Waals surface area (Å²) in [6.45, 7) is 4.63. The van der Waals surface area contributed by atoms with E-state index in [9.17, 15) is 0 Å². The molecule has 3 rings (SSSR count). The molecule has 0 spiro atoms. The number of likely N-dealkylation sites (tertiary alicyclic amines) is 1. The highest BCUT2D eigenvalue weighted by Crippen LogP contribution is 2.33. The van der Waals surface area contributed by atoms with Crippen molar-refractivity contribution in [3.05, 3.63) is 47.5 Å². The van der Waals surface area contributed by atoms with Gasteiger partial charge in [-0.15, -0.1) is 0 Å². The number of likely N-dealkylation sites (N-methyl/N-ethyl adjacent to an activating group) is 1. The van der Waals surface area contributed by atoms with Gasteiger partial charge in [-0.1, -0.05) is 36.4 Å². The van der Waals surface area contributed by atoms with Crippen molar-refractivity contribution in [1.29, 1.82) is 0 Å². The lowest BCUT2D eigenvalue weighted by Gasteiger charge is -2.15. The molecule has 1 heterocycles. The van der Waals surface area contributed by atoms with E-state index in [2.05, 4.69) is 55.3 Å². The SMILES string of the molecule is Cc1ccc(C2CCN(C)C2)c2ccccc12. The Hall–Kier alpha value is -1.34. The molecule has 2 aromatic carbocycles. The van der Waals surface area contributed by atoms with Crippen molar-refractivity contribution in [1.82, 2.24) is 4.90 Å². The van der Waals surface area contributed by atoms with Crippen molar-refractivity contribution in [2.45, 2.75) is 19.3 Å². The van der Waals surface area contributed by atoms with Gasteiger partial charge in [0.1, 0.15) is 0 Å². The summed E-state index contributed by atoms with van der Waals surface area (Å²) in [5, 5.41) is 2.87. The van der Waals surface area contributed by atoms with Gasteiger partial charge in [0.2, 0.25) is 0 Å². The molecule has 1 nitrogen and oxygen atoms in total. The smallest absolute Gasteiger partial charge is 0.00479 e. The maximum absolute atomic E-state index is 2.43. The zero-order chi connectivity index (χ0) is 11.8. The van der Waals surface area contributed by atoms with E-state index in [4.69, 9.17) is 0 Å². The summed E-state index contributed by atoms with van der Waals surface area (Å²) in [5.41, 5.74) is 2.92. The molecule has 2 aromatic rings. The third-order valence-corrected chi connectivity index (χ3v) is 4.01. The van der Waals surface area contributed by atoms with Gasteiger partial charge in [0.05, 0.1) is 0 Å². The first-order valence-corrected chi connectivity index (χ1v) is 6.42. The first-order chi connectivity index (χ1) is 8.25. The lowest BCUT2D eigenvalue weighted by molar-refractivity contribution is 0.412. The van der Waals surface area contributed by atoms with Crippen LogP contribution >= 0.6 is 0 Å². The summed E-state index contributed by atoms with van der Waals surface area (Å²) in [6, 6.07) is 13.4. The highest BCUT2D eigenvalue weighted by Gasteiger charge is 2.22. The molecule has 1 atom stereocenters. The van der Waals surface area contributed by atoms with Gasteiger partial charge in [-0.2, -0.15) is 0 Å². The Morgan fingerprint density at radius 3 is 2.53 bits per heavy atom. The molecule has 1 heteroatoms. The van der Waals surface area contributed by atoms with Crippen LogP contribution in [-0.2, 0) is 0 Å². The fourth-order valence-electron chi connectivity index (χ4n) is 3.02. The molecule has 1 aliphatic heterocycles. The van der Waals surface area contributed by atoms with Gasteiger partial charge >= 0.3 is 0 Å². The maximum atomic E-state index is 2.43. The van der Waals surface area contributed by atoms with Crippen LogP contribution in [0.3, 0.4) is 0 Å². The Morgan fingerprint density at radius 2 is 1.82 bits per heavy atom. The molecule has 0 N–H and O–H groups in total. The van der Waals surface area contributed by atoms with E-state index in [-0.39, 0.29) is 0 Å². The van der Waals surface area contributed by atoms with Crippen LogP contribution < -0.4 is 0 Å². The van der Waals surface area contributed by atoms with E-state index in [1.54, 1.807) is 0 Å². The van der Waals surface area contributed by atoms with E-state index in [0.717, 1.165) is 0 Å². The zero-order valence-corrected chi connectivity index (χ0v) is 10.6. The Bertz CT molecular complexity index is 544. The van der Waals surface area contributed by atoms with Crippen molar-refractivity contribution in [2.24, 2.45) is 0 Å². The number of nitrogens with zero attached hydrogens (tertiary/aromatic N) is 1. The van der Waals surface area contributed by atoms with Crippen LogP contribution in [0.25, 0.3) is 10.8 Å². The van der Waals surface area contributed by atoms with Gasteiger partial charge in [0.25, 0.3) is 0 Å². The molecule has 1 aliphatic rings. The summed E-state index contributed by atoms with van der Waals surface area (Å²) >= 11 is 0.